The lowest BCUT2D eigenvalue weighted by atomic mass is 10.1. The summed E-state index contributed by atoms with van der Waals surface area (Å²) in [6.07, 6.45) is 69.4. The largest absolute Gasteiger partial charge is 0.462 e. The number of ether oxygens (including phenoxy) is 3. The van der Waals surface area contributed by atoms with Gasteiger partial charge in [-0.25, -0.2) is 0 Å². The Hall–Kier alpha value is -3.93. The first-order chi connectivity index (χ1) is 31.5. The van der Waals surface area contributed by atoms with Crippen LogP contribution in [-0.2, 0) is 28.6 Å². The molecule has 0 heterocycles. The first-order valence-corrected chi connectivity index (χ1v) is 25.9. The van der Waals surface area contributed by atoms with Crippen LogP contribution in [0.3, 0.4) is 0 Å². The van der Waals surface area contributed by atoms with E-state index in [1.807, 2.05) is 0 Å². The van der Waals surface area contributed by atoms with Crippen LogP contribution >= 0.6 is 0 Å². The monoisotopic (exact) mass is 887 g/mol. The van der Waals surface area contributed by atoms with Crippen molar-refractivity contribution in [2.45, 2.75) is 226 Å². The van der Waals surface area contributed by atoms with Crippen molar-refractivity contribution in [1.82, 2.24) is 0 Å². The third kappa shape index (κ3) is 49.1. The van der Waals surface area contributed by atoms with Gasteiger partial charge < -0.3 is 14.2 Å². The Bertz CT molecular complexity index is 1340. The Morgan fingerprint density at radius 1 is 0.328 bits per heavy atom. The minimum Gasteiger partial charge on any atom is -0.462 e. The van der Waals surface area contributed by atoms with E-state index in [9.17, 15) is 14.4 Å². The summed E-state index contributed by atoms with van der Waals surface area (Å²) in [6, 6.07) is 0. The quantitative estimate of drug-likeness (QED) is 0.0262. The Kier molecular flexibility index (Phi) is 48.5. The molecule has 0 aromatic carbocycles. The molecule has 0 aliphatic rings. The highest BCUT2D eigenvalue weighted by Gasteiger charge is 2.19. The van der Waals surface area contributed by atoms with Gasteiger partial charge in [0.1, 0.15) is 13.2 Å². The van der Waals surface area contributed by atoms with E-state index >= 15 is 0 Å². The van der Waals surface area contributed by atoms with Crippen LogP contribution in [-0.4, -0.2) is 37.2 Å². The number of esters is 3. The molecule has 0 radical (unpaired) electrons. The normalized spacial score (nSPS) is 13.0. The highest BCUT2D eigenvalue weighted by Crippen LogP contribution is 2.12. The van der Waals surface area contributed by atoms with Gasteiger partial charge in [0.15, 0.2) is 6.10 Å². The number of carbonyl (C=O) groups excluding carboxylic acids is 3. The van der Waals surface area contributed by atoms with Crippen molar-refractivity contribution < 1.29 is 28.6 Å². The van der Waals surface area contributed by atoms with Gasteiger partial charge in [-0.05, 0) is 116 Å². The second-order valence-corrected chi connectivity index (χ2v) is 16.7. The lowest BCUT2D eigenvalue weighted by Crippen LogP contribution is -2.30. The highest BCUT2D eigenvalue weighted by atomic mass is 16.6. The fourth-order valence-corrected chi connectivity index (χ4v) is 6.60. The van der Waals surface area contributed by atoms with Crippen LogP contribution in [0.2, 0.25) is 0 Å². The lowest BCUT2D eigenvalue weighted by molar-refractivity contribution is -0.167. The molecule has 0 saturated heterocycles. The molecule has 0 aromatic heterocycles. The smallest absolute Gasteiger partial charge is 0.306 e. The predicted molar refractivity (Wildman–Crippen MR) is 274 cm³/mol. The van der Waals surface area contributed by atoms with E-state index < -0.39 is 6.10 Å². The SMILES string of the molecule is CC/C=C\C/C=C\C/C=C\C/C=C\C/C=C\C/C=C\C/C=C\CCCC(=O)OCC(COC(=O)CCCCCCC/C=C\CCC)OC(=O)CCCCCCC/C=C\CCCCCC. The van der Waals surface area contributed by atoms with Crippen molar-refractivity contribution >= 4 is 17.9 Å². The van der Waals surface area contributed by atoms with Gasteiger partial charge in [-0.1, -0.05) is 194 Å². The van der Waals surface area contributed by atoms with E-state index in [4.69, 9.17) is 14.2 Å². The zero-order valence-electron chi connectivity index (χ0n) is 41.3. The predicted octanol–water partition coefficient (Wildman–Crippen LogP) is 17.1. The summed E-state index contributed by atoms with van der Waals surface area (Å²) < 4.78 is 16.7. The minimum atomic E-state index is -0.809. The molecule has 0 amide bonds. The topological polar surface area (TPSA) is 78.9 Å². The maximum atomic E-state index is 12.8. The van der Waals surface area contributed by atoms with Gasteiger partial charge in [0.25, 0.3) is 0 Å². The third-order valence-corrected chi connectivity index (χ3v) is 10.5. The fraction of sp³-hybridized carbons (Fsp3) is 0.638. The molecule has 0 fully saturated rings. The summed E-state index contributed by atoms with van der Waals surface area (Å²) >= 11 is 0. The molecule has 6 heteroatoms. The van der Waals surface area contributed by atoms with Gasteiger partial charge in [-0.2, -0.15) is 0 Å². The molecule has 0 aliphatic carbocycles. The summed E-state index contributed by atoms with van der Waals surface area (Å²) in [5, 5.41) is 0. The number of hydrogen-bond donors (Lipinski definition) is 0. The van der Waals surface area contributed by atoms with Gasteiger partial charge >= 0.3 is 17.9 Å². The van der Waals surface area contributed by atoms with E-state index in [2.05, 4.69) is 130 Å². The molecule has 1 unspecified atom stereocenters. The van der Waals surface area contributed by atoms with Crippen LogP contribution in [0.25, 0.3) is 0 Å². The van der Waals surface area contributed by atoms with Crippen molar-refractivity contribution in [3.05, 3.63) is 109 Å². The van der Waals surface area contributed by atoms with Gasteiger partial charge in [0, 0.05) is 19.3 Å². The summed E-state index contributed by atoms with van der Waals surface area (Å²) in [4.78, 5) is 37.9. The van der Waals surface area contributed by atoms with Crippen LogP contribution < -0.4 is 0 Å². The van der Waals surface area contributed by atoms with Gasteiger partial charge in [-0.3, -0.25) is 14.4 Å². The molecule has 1 atom stereocenters. The van der Waals surface area contributed by atoms with E-state index in [-0.39, 0.29) is 37.5 Å². The zero-order valence-corrected chi connectivity index (χ0v) is 41.3. The van der Waals surface area contributed by atoms with Crippen molar-refractivity contribution in [2.75, 3.05) is 13.2 Å². The molecule has 0 spiro atoms. The number of carbonyl (C=O) groups is 3. The van der Waals surface area contributed by atoms with Crippen LogP contribution in [0, 0.1) is 0 Å². The van der Waals surface area contributed by atoms with E-state index in [1.54, 1.807) is 0 Å². The summed E-state index contributed by atoms with van der Waals surface area (Å²) in [5.41, 5.74) is 0. The van der Waals surface area contributed by atoms with Crippen molar-refractivity contribution in [1.29, 1.82) is 0 Å². The number of unbranched alkanes of at least 4 members (excludes halogenated alkanes) is 16. The maximum Gasteiger partial charge on any atom is 0.306 e. The number of allylic oxidation sites excluding steroid dienone is 18. The standard InChI is InChI=1S/C58H94O6/c1-4-7-10-13-16-19-22-24-25-26-27-28-29-30-31-32-33-35-36-39-42-45-48-51-57(60)63-54-55(53-62-56(59)50-47-44-41-38-21-18-15-12-9-6-3)64-58(61)52-49-46-43-40-37-34-23-20-17-14-11-8-5-2/h7,10,12,15-16,19-20,23-25,27-28,30-31,33,35,39,42,55H,4-6,8-9,11,13-14,17-18,21-22,26,29,32,34,36-38,40-41,43-54H2,1-3H3/b10-7-,15-12-,19-16-,23-20-,25-24-,28-27-,31-30-,35-33-,42-39-. The average Bonchev–Trinajstić information content (AvgIpc) is 3.29. The molecule has 6 nitrogen and oxygen atoms in total. The van der Waals surface area contributed by atoms with E-state index in [1.165, 1.54) is 51.4 Å². The molecule has 0 saturated carbocycles. The Labute approximate surface area is 393 Å². The Morgan fingerprint density at radius 3 is 1.09 bits per heavy atom. The molecule has 0 rings (SSSR count). The Balaban J connectivity index is 4.45. The van der Waals surface area contributed by atoms with E-state index in [0.29, 0.717) is 19.3 Å². The number of rotatable bonds is 45. The summed E-state index contributed by atoms with van der Waals surface area (Å²) in [6.45, 7) is 6.36. The molecule has 0 bridgehead atoms. The molecule has 0 aliphatic heterocycles. The molecule has 0 aromatic rings. The lowest BCUT2D eigenvalue weighted by Gasteiger charge is -2.18. The fourth-order valence-electron chi connectivity index (χ4n) is 6.60. The van der Waals surface area contributed by atoms with Crippen molar-refractivity contribution in [2.24, 2.45) is 0 Å². The average molecular weight is 887 g/mol. The first-order valence-electron chi connectivity index (χ1n) is 25.9. The van der Waals surface area contributed by atoms with Crippen molar-refractivity contribution in [3.63, 3.8) is 0 Å². The minimum absolute atomic E-state index is 0.106. The zero-order chi connectivity index (χ0) is 46.5. The third-order valence-electron chi connectivity index (χ3n) is 10.5. The second-order valence-electron chi connectivity index (χ2n) is 16.7. The molecule has 362 valence electrons. The molecule has 64 heavy (non-hydrogen) atoms. The highest BCUT2D eigenvalue weighted by molar-refractivity contribution is 5.71. The molecule has 0 N–H and O–H groups in total. The second kappa shape index (κ2) is 51.7. The maximum absolute atomic E-state index is 12.8. The van der Waals surface area contributed by atoms with Gasteiger partial charge in [0.05, 0.1) is 0 Å². The van der Waals surface area contributed by atoms with Crippen molar-refractivity contribution in [3.8, 4) is 0 Å². The van der Waals surface area contributed by atoms with Crippen LogP contribution in [0.1, 0.15) is 220 Å². The van der Waals surface area contributed by atoms with Crippen LogP contribution in [0.4, 0.5) is 0 Å². The van der Waals surface area contributed by atoms with Crippen LogP contribution in [0.15, 0.2) is 109 Å². The molecular weight excluding hydrogens is 793 g/mol. The number of hydrogen-bond acceptors (Lipinski definition) is 6. The summed E-state index contributed by atoms with van der Waals surface area (Å²) in [7, 11) is 0. The van der Waals surface area contributed by atoms with Gasteiger partial charge in [-0.15, -0.1) is 0 Å². The van der Waals surface area contributed by atoms with Crippen LogP contribution in [0.5, 0.6) is 0 Å². The van der Waals surface area contributed by atoms with Gasteiger partial charge in [0.2, 0.25) is 0 Å². The molecular formula is C58H94O6. The van der Waals surface area contributed by atoms with E-state index in [0.717, 1.165) is 122 Å². The first kappa shape index (κ1) is 60.1. The summed E-state index contributed by atoms with van der Waals surface area (Å²) in [5.74, 6) is -0.994. The Morgan fingerprint density at radius 2 is 0.656 bits per heavy atom.